The molecular formula is C15H19F2NO3. The van der Waals surface area contributed by atoms with Gasteiger partial charge in [-0.3, -0.25) is 4.79 Å². The summed E-state index contributed by atoms with van der Waals surface area (Å²) in [4.78, 5) is 23.2. The summed E-state index contributed by atoms with van der Waals surface area (Å²) < 4.78 is 24.7. The second kappa shape index (κ2) is 6.65. The molecule has 6 heteroatoms. The van der Waals surface area contributed by atoms with Crippen molar-refractivity contribution in [2.24, 2.45) is 0 Å². The van der Waals surface area contributed by atoms with E-state index in [2.05, 4.69) is 5.32 Å². The van der Waals surface area contributed by atoms with Crippen LogP contribution in [0, 0.1) is 6.92 Å². The molecule has 0 radical (unpaired) electrons. The summed E-state index contributed by atoms with van der Waals surface area (Å²) in [6.45, 7) is 5.14. The number of carbonyl (C=O) groups excluding carboxylic acids is 1. The van der Waals surface area contributed by atoms with E-state index in [9.17, 15) is 18.4 Å². The van der Waals surface area contributed by atoms with Gasteiger partial charge in [-0.2, -0.15) is 0 Å². The van der Waals surface area contributed by atoms with Crippen LogP contribution >= 0.6 is 0 Å². The number of benzene rings is 1. The van der Waals surface area contributed by atoms with Crippen LogP contribution in [0.5, 0.6) is 0 Å². The molecule has 0 aliphatic rings. The van der Waals surface area contributed by atoms with Crippen LogP contribution in [0.2, 0.25) is 0 Å². The zero-order chi connectivity index (χ0) is 16.2. The molecule has 0 bridgehead atoms. The van der Waals surface area contributed by atoms with E-state index in [0.717, 1.165) is 5.56 Å². The number of nitrogens with one attached hydrogen (secondary N) is 1. The number of amides is 1. The van der Waals surface area contributed by atoms with Gasteiger partial charge in [-0.1, -0.05) is 29.8 Å². The molecule has 1 amide bonds. The van der Waals surface area contributed by atoms with E-state index < -0.39 is 36.2 Å². The summed E-state index contributed by atoms with van der Waals surface area (Å²) in [7, 11) is 0. The third-order valence-electron chi connectivity index (χ3n) is 3.36. The summed E-state index contributed by atoms with van der Waals surface area (Å²) in [5, 5.41) is 11.1. The van der Waals surface area contributed by atoms with Gasteiger partial charge in [0.1, 0.15) is 6.04 Å². The van der Waals surface area contributed by atoms with Gasteiger partial charge in [0.25, 0.3) is 0 Å². The monoisotopic (exact) mass is 299 g/mol. The molecule has 0 aliphatic carbocycles. The number of halogens is 2. The predicted octanol–water partition coefficient (Wildman–Crippen LogP) is 2.50. The molecule has 4 nitrogen and oxygen atoms in total. The lowest BCUT2D eigenvalue weighted by Crippen LogP contribution is -2.49. The van der Waals surface area contributed by atoms with E-state index in [1.165, 1.54) is 0 Å². The van der Waals surface area contributed by atoms with Crippen molar-refractivity contribution in [1.29, 1.82) is 0 Å². The average Bonchev–Trinajstić information content (AvgIpc) is 2.37. The first-order valence-corrected chi connectivity index (χ1v) is 6.53. The summed E-state index contributed by atoms with van der Waals surface area (Å²) in [5.74, 6) is -2.07. The standard InChI is InChI=1S/C15H19F2NO3/c1-9-4-6-10(7-5-9)15(2,3)14(21)18-11(13(19)20)8-12(16)17/h4-7,11-12H,8H2,1-3H3,(H,18,21)(H,19,20). The van der Waals surface area contributed by atoms with E-state index in [1.54, 1.807) is 26.0 Å². The van der Waals surface area contributed by atoms with E-state index in [4.69, 9.17) is 5.11 Å². The number of alkyl halides is 2. The number of rotatable bonds is 6. The molecule has 0 saturated carbocycles. The molecule has 0 saturated heterocycles. The second-order valence-corrected chi connectivity index (χ2v) is 5.48. The summed E-state index contributed by atoms with van der Waals surface area (Å²) in [6, 6.07) is 5.59. The zero-order valence-electron chi connectivity index (χ0n) is 12.2. The minimum Gasteiger partial charge on any atom is -0.480 e. The Morgan fingerprint density at radius 1 is 1.24 bits per heavy atom. The summed E-state index contributed by atoms with van der Waals surface area (Å²) >= 11 is 0. The summed E-state index contributed by atoms with van der Waals surface area (Å²) in [6.07, 6.45) is -3.71. The van der Waals surface area contributed by atoms with Crippen molar-refractivity contribution in [2.45, 2.75) is 45.1 Å². The molecule has 0 aromatic heterocycles. The van der Waals surface area contributed by atoms with E-state index in [1.807, 2.05) is 19.1 Å². The van der Waals surface area contributed by atoms with Crippen LogP contribution in [-0.2, 0) is 15.0 Å². The predicted molar refractivity (Wildman–Crippen MR) is 74.4 cm³/mol. The van der Waals surface area contributed by atoms with Crippen LogP contribution in [0.4, 0.5) is 8.78 Å². The van der Waals surface area contributed by atoms with Crippen molar-refractivity contribution in [2.75, 3.05) is 0 Å². The maximum atomic E-state index is 12.3. The zero-order valence-corrected chi connectivity index (χ0v) is 12.2. The van der Waals surface area contributed by atoms with E-state index in [0.29, 0.717) is 5.56 Å². The molecule has 2 N–H and O–H groups in total. The Morgan fingerprint density at radius 2 is 1.76 bits per heavy atom. The van der Waals surface area contributed by atoms with Gasteiger partial charge in [0.15, 0.2) is 0 Å². The molecule has 1 atom stereocenters. The highest BCUT2D eigenvalue weighted by molar-refractivity contribution is 5.90. The molecule has 0 heterocycles. The van der Waals surface area contributed by atoms with Crippen molar-refractivity contribution in [3.05, 3.63) is 35.4 Å². The van der Waals surface area contributed by atoms with Crippen LogP contribution in [0.3, 0.4) is 0 Å². The summed E-state index contributed by atoms with van der Waals surface area (Å²) in [5.41, 5.74) is 0.701. The van der Waals surface area contributed by atoms with Crippen LogP contribution < -0.4 is 5.32 Å². The van der Waals surface area contributed by atoms with Crippen LogP contribution in [0.15, 0.2) is 24.3 Å². The van der Waals surface area contributed by atoms with Gasteiger partial charge in [-0.05, 0) is 26.3 Å². The van der Waals surface area contributed by atoms with Crippen molar-refractivity contribution >= 4 is 11.9 Å². The normalized spacial score (nSPS) is 13.0. The van der Waals surface area contributed by atoms with Gasteiger partial charge in [0.05, 0.1) is 5.41 Å². The van der Waals surface area contributed by atoms with Gasteiger partial charge in [0, 0.05) is 6.42 Å². The van der Waals surface area contributed by atoms with Gasteiger partial charge >= 0.3 is 5.97 Å². The van der Waals surface area contributed by atoms with Crippen molar-refractivity contribution < 1.29 is 23.5 Å². The fraction of sp³-hybridized carbons (Fsp3) is 0.467. The van der Waals surface area contributed by atoms with Crippen LogP contribution in [0.25, 0.3) is 0 Å². The molecule has 0 spiro atoms. The molecule has 1 rings (SSSR count). The Kier molecular flexibility index (Phi) is 5.41. The van der Waals surface area contributed by atoms with Crippen molar-refractivity contribution in [3.63, 3.8) is 0 Å². The highest BCUT2D eigenvalue weighted by Crippen LogP contribution is 2.24. The quantitative estimate of drug-likeness (QED) is 0.848. The number of hydrogen-bond donors (Lipinski definition) is 2. The van der Waals surface area contributed by atoms with Crippen LogP contribution in [-0.4, -0.2) is 29.5 Å². The SMILES string of the molecule is Cc1ccc(C(C)(C)C(=O)NC(CC(F)F)C(=O)O)cc1. The molecule has 1 aromatic carbocycles. The van der Waals surface area contributed by atoms with E-state index in [-0.39, 0.29) is 0 Å². The third-order valence-corrected chi connectivity index (χ3v) is 3.36. The first kappa shape index (κ1) is 17.1. The minimum absolute atomic E-state index is 0.598. The number of carboxylic acids is 1. The molecule has 0 aliphatic heterocycles. The topological polar surface area (TPSA) is 66.4 Å². The Labute approximate surface area is 122 Å². The number of carbonyl (C=O) groups is 2. The Morgan fingerprint density at radius 3 is 2.19 bits per heavy atom. The molecule has 1 aromatic rings. The van der Waals surface area contributed by atoms with Gasteiger partial charge in [-0.25, -0.2) is 13.6 Å². The first-order valence-electron chi connectivity index (χ1n) is 6.53. The third kappa shape index (κ3) is 4.51. The number of aryl methyl sites for hydroxylation is 1. The van der Waals surface area contributed by atoms with E-state index >= 15 is 0 Å². The van der Waals surface area contributed by atoms with Gasteiger partial charge in [0.2, 0.25) is 12.3 Å². The van der Waals surface area contributed by atoms with Gasteiger partial charge < -0.3 is 10.4 Å². The van der Waals surface area contributed by atoms with Gasteiger partial charge in [-0.15, -0.1) is 0 Å². The molecule has 0 fully saturated rings. The maximum absolute atomic E-state index is 12.3. The lowest BCUT2D eigenvalue weighted by molar-refractivity contribution is -0.143. The molecule has 1 unspecified atom stereocenters. The maximum Gasteiger partial charge on any atom is 0.326 e. The van der Waals surface area contributed by atoms with Crippen LogP contribution in [0.1, 0.15) is 31.4 Å². The largest absolute Gasteiger partial charge is 0.480 e. The lowest BCUT2D eigenvalue weighted by atomic mass is 9.83. The van der Waals surface area contributed by atoms with Crippen molar-refractivity contribution in [3.8, 4) is 0 Å². The fourth-order valence-electron chi connectivity index (χ4n) is 1.84. The Bertz CT molecular complexity index is 512. The highest BCUT2D eigenvalue weighted by Gasteiger charge is 2.33. The number of carboxylic acid groups (broad SMARTS) is 1. The number of hydrogen-bond acceptors (Lipinski definition) is 2. The fourth-order valence-corrected chi connectivity index (χ4v) is 1.84. The Hall–Kier alpha value is -1.98. The van der Waals surface area contributed by atoms with Crippen molar-refractivity contribution in [1.82, 2.24) is 5.32 Å². The minimum atomic E-state index is -2.80. The number of aliphatic carboxylic acids is 1. The first-order chi connectivity index (χ1) is 9.64. The Balaban J connectivity index is 2.89. The second-order valence-electron chi connectivity index (χ2n) is 5.48. The smallest absolute Gasteiger partial charge is 0.326 e. The molecule has 21 heavy (non-hydrogen) atoms. The lowest BCUT2D eigenvalue weighted by Gasteiger charge is -2.26. The molecule has 116 valence electrons. The molecular weight excluding hydrogens is 280 g/mol. The average molecular weight is 299 g/mol. The highest BCUT2D eigenvalue weighted by atomic mass is 19.3.